The van der Waals surface area contributed by atoms with E-state index in [0.717, 1.165) is 5.56 Å². The highest BCUT2D eigenvalue weighted by molar-refractivity contribution is 5.97. The minimum Gasteiger partial charge on any atom is -0.310 e. The molecule has 1 aromatic rings. The van der Waals surface area contributed by atoms with Crippen molar-refractivity contribution in [2.45, 2.75) is 25.6 Å². The number of nitrogens with one attached hydrogen (secondary N) is 1. The molecule has 0 bridgehead atoms. The summed E-state index contributed by atoms with van der Waals surface area (Å²) in [7, 11) is 0. The van der Waals surface area contributed by atoms with Crippen molar-refractivity contribution in [3.63, 3.8) is 0 Å². The molecule has 0 aliphatic heterocycles. The number of carbonyl (C=O) groups excluding carboxylic acids is 1. The Kier molecular flexibility index (Phi) is 3.42. The fourth-order valence-corrected chi connectivity index (χ4v) is 0.917. The van der Waals surface area contributed by atoms with Gasteiger partial charge in [-0.05, 0) is 25.5 Å². The molecule has 7 heteroatoms. The topological polar surface area (TPSA) is 68.0 Å². The Morgan fingerprint density at radius 3 is 2.41 bits per heavy atom. The van der Waals surface area contributed by atoms with Crippen molar-refractivity contribution in [3.8, 4) is 0 Å². The van der Waals surface area contributed by atoms with Crippen molar-refractivity contribution >= 4 is 11.7 Å². The van der Waals surface area contributed by atoms with Crippen LogP contribution in [0.3, 0.4) is 0 Å². The number of aryl methyl sites for hydroxylation is 1. The van der Waals surface area contributed by atoms with E-state index in [0.29, 0.717) is 6.92 Å². The molecule has 17 heavy (non-hydrogen) atoms. The van der Waals surface area contributed by atoms with Gasteiger partial charge in [0.2, 0.25) is 0 Å². The minimum absolute atomic E-state index is 0.0292. The summed E-state index contributed by atoms with van der Waals surface area (Å²) in [6.07, 6.45) is -3.39. The van der Waals surface area contributed by atoms with Crippen LogP contribution in [0, 0.1) is 6.92 Å². The molecule has 1 amide bonds. The molecule has 94 valence electrons. The van der Waals surface area contributed by atoms with E-state index in [1.165, 1.54) is 12.3 Å². The first kappa shape index (κ1) is 13.4. The summed E-state index contributed by atoms with van der Waals surface area (Å²) in [5.74, 6) is -1.32. The number of anilines is 1. The summed E-state index contributed by atoms with van der Waals surface area (Å²) in [6, 6.07) is 3.02. The Morgan fingerprint density at radius 2 is 2.00 bits per heavy atom. The van der Waals surface area contributed by atoms with Crippen LogP contribution in [0.15, 0.2) is 18.3 Å². The summed E-state index contributed by atoms with van der Waals surface area (Å²) in [5.41, 5.74) is 2.83. The fraction of sp³-hybridized carbons (Fsp3) is 0.400. The molecule has 0 aliphatic carbocycles. The standard InChI is InChI=1S/C10H12F3N3O/c1-6-3-4-7(15-5-6)16-8(17)9(2,14)10(11,12)13/h3-5H,14H2,1-2H3,(H,15,16,17). The molecule has 0 radical (unpaired) electrons. The summed E-state index contributed by atoms with van der Waals surface area (Å²) < 4.78 is 37.3. The van der Waals surface area contributed by atoms with E-state index in [9.17, 15) is 18.0 Å². The summed E-state index contributed by atoms with van der Waals surface area (Å²) in [6.45, 7) is 2.37. The molecular formula is C10H12F3N3O. The van der Waals surface area contributed by atoms with Crippen LogP contribution in [0.2, 0.25) is 0 Å². The molecule has 0 saturated heterocycles. The molecular weight excluding hydrogens is 235 g/mol. The van der Waals surface area contributed by atoms with E-state index in [4.69, 9.17) is 5.73 Å². The number of carbonyl (C=O) groups is 1. The van der Waals surface area contributed by atoms with E-state index in [-0.39, 0.29) is 5.82 Å². The largest absolute Gasteiger partial charge is 0.415 e. The fourth-order valence-electron chi connectivity index (χ4n) is 0.917. The van der Waals surface area contributed by atoms with Crippen molar-refractivity contribution < 1.29 is 18.0 Å². The molecule has 0 aliphatic rings. The van der Waals surface area contributed by atoms with Gasteiger partial charge in [-0.25, -0.2) is 4.98 Å². The van der Waals surface area contributed by atoms with Crippen LogP contribution in [0.25, 0.3) is 0 Å². The number of aromatic nitrogens is 1. The summed E-state index contributed by atoms with van der Waals surface area (Å²) in [5, 5.41) is 2.02. The first-order valence-corrected chi connectivity index (χ1v) is 4.74. The average Bonchev–Trinajstić information content (AvgIpc) is 2.19. The molecule has 3 N–H and O–H groups in total. The first-order chi connectivity index (χ1) is 7.64. The van der Waals surface area contributed by atoms with Crippen LogP contribution in [-0.4, -0.2) is 22.6 Å². The number of nitrogens with zero attached hydrogens (tertiary/aromatic N) is 1. The normalized spacial score (nSPS) is 15.2. The van der Waals surface area contributed by atoms with Gasteiger partial charge >= 0.3 is 6.18 Å². The molecule has 1 heterocycles. The molecule has 0 saturated carbocycles. The lowest BCUT2D eigenvalue weighted by Gasteiger charge is -2.25. The van der Waals surface area contributed by atoms with Gasteiger partial charge in [-0.3, -0.25) is 4.79 Å². The third-order valence-electron chi connectivity index (χ3n) is 2.21. The Bertz CT molecular complexity index is 412. The maximum atomic E-state index is 12.4. The number of amides is 1. The molecule has 1 rings (SSSR count). The first-order valence-electron chi connectivity index (χ1n) is 4.74. The Hall–Kier alpha value is -1.63. The zero-order chi connectivity index (χ0) is 13.3. The van der Waals surface area contributed by atoms with E-state index < -0.39 is 17.6 Å². The van der Waals surface area contributed by atoms with E-state index in [1.807, 2.05) is 5.32 Å². The zero-order valence-corrected chi connectivity index (χ0v) is 9.30. The second kappa shape index (κ2) is 4.33. The van der Waals surface area contributed by atoms with Crippen LogP contribution in [-0.2, 0) is 4.79 Å². The second-order valence-corrected chi connectivity index (χ2v) is 3.88. The van der Waals surface area contributed by atoms with Crippen LogP contribution < -0.4 is 11.1 Å². The summed E-state index contributed by atoms with van der Waals surface area (Å²) >= 11 is 0. The van der Waals surface area contributed by atoms with Crippen LogP contribution >= 0.6 is 0 Å². The highest BCUT2D eigenvalue weighted by atomic mass is 19.4. The number of rotatable bonds is 2. The minimum atomic E-state index is -4.82. The van der Waals surface area contributed by atoms with Crippen molar-refractivity contribution in [3.05, 3.63) is 23.9 Å². The van der Waals surface area contributed by atoms with E-state index in [2.05, 4.69) is 4.98 Å². The quantitative estimate of drug-likeness (QED) is 0.834. The lowest BCUT2D eigenvalue weighted by molar-refractivity contribution is -0.184. The lowest BCUT2D eigenvalue weighted by atomic mass is 10.0. The second-order valence-electron chi connectivity index (χ2n) is 3.88. The van der Waals surface area contributed by atoms with Crippen LogP contribution in [0.5, 0.6) is 0 Å². The number of alkyl halides is 3. The van der Waals surface area contributed by atoms with E-state index >= 15 is 0 Å². The van der Waals surface area contributed by atoms with Crippen molar-refractivity contribution in [2.75, 3.05) is 5.32 Å². The van der Waals surface area contributed by atoms with Gasteiger partial charge in [0, 0.05) is 6.20 Å². The van der Waals surface area contributed by atoms with Gasteiger partial charge < -0.3 is 11.1 Å². The van der Waals surface area contributed by atoms with Crippen LogP contribution in [0.1, 0.15) is 12.5 Å². The monoisotopic (exact) mass is 247 g/mol. The van der Waals surface area contributed by atoms with Crippen molar-refractivity contribution in [2.24, 2.45) is 5.73 Å². The molecule has 0 spiro atoms. The average molecular weight is 247 g/mol. The van der Waals surface area contributed by atoms with Gasteiger partial charge in [-0.2, -0.15) is 13.2 Å². The molecule has 1 unspecified atom stereocenters. The highest BCUT2D eigenvalue weighted by Crippen LogP contribution is 2.28. The molecule has 1 aromatic heterocycles. The number of hydrogen-bond acceptors (Lipinski definition) is 3. The van der Waals surface area contributed by atoms with Gasteiger partial charge in [0.1, 0.15) is 5.82 Å². The summed E-state index contributed by atoms with van der Waals surface area (Å²) in [4.78, 5) is 15.1. The molecule has 0 fully saturated rings. The van der Waals surface area contributed by atoms with Gasteiger partial charge in [-0.15, -0.1) is 0 Å². The number of nitrogens with two attached hydrogens (primary N) is 1. The smallest absolute Gasteiger partial charge is 0.310 e. The molecule has 0 aromatic carbocycles. The maximum absolute atomic E-state index is 12.4. The Balaban J connectivity index is 2.83. The Labute approximate surface area is 96.0 Å². The lowest BCUT2D eigenvalue weighted by Crippen LogP contribution is -2.59. The van der Waals surface area contributed by atoms with Crippen molar-refractivity contribution in [1.29, 1.82) is 0 Å². The third kappa shape index (κ3) is 2.94. The SMILES string of the molecule is Cc1ccc(NC(=O)C(C)(N)C(F)(F)F)nc1. The molecule has 4 nitrogen and oxygen atoms in total. The highest BCUT2D eigenvalue weighted by Gasteiger charge is 2.54. The van der Waals surface area contributed by atoms with Crippen molar-refractivity contribution in [1.82, 2.24) is 4.98 Å². The van der Waals surface area contributed by atoms with Gasteiger partial charge in [0.25, 0.3) is 5.91 Å². The van der Waals surface area contributed by atoms with Gasteiger partial charge in [0.05, 0.1) is 0 Å². The Morgan fingerprint density at radius 1 is 1.41 bits per heavy atom. The van der Waals surface area contributed by atoms with Gasteiger partial charge in [-0.1, -0.05) is 6.07 Å². The number of pyridine rings is 1. The van der Waals surface area contributed by atoms with E-state index in [1.54, 1.807) is 13.0 Å². The zero-order valence-electron chi connectivity index (χ0n) is 9.30. The maximum Gasteiger partial charge on any atom is 0.415 e. The van der Waals surface area contributed by atoms with Gasteiger partial charge in [0.15, 0.2) is 5.54 Å². The van der Waals surface area contributed by atoms with Crippen LogP contribution in [0.4, 0.5) is 19.0 Å². The predicted molar refractivity (Wildman–Crippen MR) is 56.3 cm³/mol. The molecule has 1 atom stereocenters. The number of halogens is 3. The predicted octanol–water partition coefficient (Wildman–Crippen LogP) is 1.61. The number of hydrogen-bond donors (Lipinski definition) is 2. The third-order valence-corrected chi connectivity index (χ3v) is 2.21.